The Labute approximate surface area is 135 Å². The molecule has 0 bridgehead atoms. The number of nitrogens with one attached hydrogen (secondary N) is 1. The van der Waals surface area contributed by atoms with Crippen LogP contribution < -0.4 is 15.8 Å². The Morgan fingerprint density at radius 1 is 1.22 bits per heavy atom. The van der Waals surface area contributed by atoms with Gasteiger partial charge in [0.2, 0.25) is 0 Å². The fraction of sp³-hybridized carbons (Fsp3) is 0.353. The van der Waals surface area contributed by atoms with Crippen molar-refractivity contribution in [1.82, 2.24) is 9.78 Å². The number of rotatable bonds is 5. The molecule has 1 aromatic carbocycles. The Bertz CT molecular complexity index is 735. The summed E-state index contributed by atoms with van der Waals surface area (Å²) in [6.07, 6.45) is 0. The van der Waals surface area contributed by atoms with Gasteiger partial charge in [-0.25, -0.2) is 4.68 Å². The first kappa shape index (κ1) is 16.7. The van der Waals surface area contributed by atoms with Crippen LogP contribution in [0, 0.1) is 0 Å². The molecule has 0 saturated carbocycles. The standard InChI is InChI=1S/C17H22N4O2/c1-5-21(12(2)3)14-8-6-13(7-9-14)18-17(23)15-10-11-16(22)20(4)19-15/h6-12H,5H2,1-4H3,(H,18,23). The Morgan fingerprint density at radius 3 is 2.39 bits per heavy atom. The maximum atomic E-state index is 12.2. The lowest BCUT2D eigenvalue weighted by molar-refractivity contribution is 0.102. The number of amides is 1. The maximum absolute atomic E-state index is 12.2. The fourth-order valence-corrected chi connectivity index (χ4v) is 2.40. The van der Waals surface area contributed by atoms with Crippen LogP contribution in [0.2, 0.25) is 0 Å². The number of anilines is 2. The number of aromatic nitrogens is 2. The normalized spacial score (nSPS) is 10.7. The minimum absolute atomic E-state index is 0.202. The molecule has 6 nitrogen and oxygen atoms in total. The van der Waals surface area contributed by atoms with E-state index in [2.05, 4.69) is 36.1 Å². The summed E-state index contributed by atoms with van der Waals surface area (Å²) < 4.78 is 1.14. The number of benzene rings is 1. The molecule has 0 aliphatic heterocycles. The molecule has 0 unspecified atom stereocenters. The molecule has 0 spiro atoms. The Hall–Kier alpha value is -2.63. The summed E-state index contributed by atoms with van der Waals surface area (Å²) in [4.78, 5) is 25.7. The lowest BCUT2D eigenvalue weighted by atomic mass is 10.2. The highest BCUT2D eigenvalue weighted by Crippen LogP contribution is 2.20. The fourth-order valence-electron chi connectivity index (χ4n) is 2.40. The second-order valence-corrected chi connectivity index (χ2v) is 5.56. The average molecular weight is 314 g/mol. The van der Waals surface area contributed by atoms with Crippen molar-refractivity contribution < 1.29 is 4.79 Å². The van der Waals surface area contributed by atoms with E-state index in [1.807, 2.05) is 24.3 Å². The molecule has 1 amide bonds. The highest BCUT2D eigenvalue weighted by atomic mass is 16.2. The van der Waals surface area contributed by atoms with Crippen LogP contribution >= 0.6 is 0 Å². The van der Waals surface area contributed by atoms with E-state index >= 15 is 0 Å². The first-order chi connectivity index (χ1) is 10.9. The van der Waals surface area contributed by atoms with E-state index in [9.17, 15) is 9.59 Å². The summed E-state index contributed by atoms with van der Waals surface area (Å²) in [5, 5.41) is 6.72. The van der Waals surface area contributed by atoms with Crippen molar-refractivity contribution in [2.45, 2.75) is 26.8 Å². The number of nitrogens with zero attached hydrogens (tertiary/aromatic N) is 3. The molecule has 1 heterocycles. The number of hydrogen-bond acceptors (Lipinski definition) is 4. The molecule has 6 heteroatoms. The van der Waals surface area contributed by atoms with Gasteiger partial charge in [0.05, 0.1) is 0 Å². The quantitative estimate of drug-likeness (QED) is 0.919. The number of carbonyl (C=O) groups excluding carboxylic acids is 1. The van der Waals surface area contributed by atoms with Gasteiger partial charge in [-0.1, -0.05) is 0 Å². The third-order valence-corrected chi connectivity index (χ3v) is 3.61. The van der Waals surface area contributed by atoms with Gasteiger partial charge in [0.1, 0.15) is 5.69 Å². The molecule has 0 atom stereocenters. The van der Waals surface area contributed by atoms with Gasteiger partial charge in [-0.05, 0) is 51.1 Å². The topological polar surface area (TPSA) is 67.2 Å². The molecule has 0 saturated heterocycles. The monoisotopic (exact) mass is 314 g/mol. The van der Waals surface area contributed by atoms with E-state index in [0.29, 0.717) is 11.7 Å². The van der Waals surface area contributed by atoms with Gasteiger partial charge >= 0.3 is 0 Å². The van der Waals surface area contributed by atoms with E-state index < -0.39 is 0 Å². The van der Waals surface area contributed by atoms with Gasteiger partial charge in [0, 0.05) is 37.1 Å². The van der Waals surface area contributed by atoms with E-state index in [0.717, 1.165) is 16.9 Å². The molecule has 0 aliphatic carbocycles. The zero-order valence-corrected chi connectivity index (χ0v) is 13.9. The van der Waals surface area contributed by atoms with Gasteiger partial charge in [-0.2, -0.15) is 5.10 Å². The molecule has 0 fully saturated rings. The van der Waals surface area contributed by atoms with Gasteiger partial charge in [-0.15, -0.1) is 0 Å². The smallest absolute Gasteiger partial charge is 0.276 e. The lowest BCUT2D eigenvalue weighted by Crippen LogP contribution is -2.30. The second kappa shape index (κ2) is 7.09. The average Bonchev–Trinajstić information content (AvgIpc) is 2.52. The maximum Gasteiger partial charge on any atom is 0.276 e. The molecule has 2 rings (SSSR count). The van der Waals surface area contributed by atoms with Gasteiger partial charge in [-0.3, -0.25) is 9.59 Å². The second-order valence-electron chi connectivity index (χ2n) is 5.56. The summed E-state index contributed by atoms with van der Waals surface area (Å²) in [7, 11) is 1.51. The highest BCUT2D eigenvalue weighted by Gasteiger charge is 2.11. The molecule has 2 aromatic rings. The van der Waals surface area contributed by atoms with Crippen LogP contribution in [-0.4, -0.2) is 28.3 Å². The van der Waals surface area contributed by atoms with E-state index in [1.165, 1.54) is 19.2 Å². The van der Waals surface area contributed by atoms with Gasteiger partial charge in [0.15, 0.2) is 0 Å². The van der Waals surface area contributed by atoms with Gasteiger partial charge < -0.3 is 10.2 Å². The molecule has 1 N–H and O–H groups in total. The van der Waals surface area contributed by atoms with Crippen LogP contribution in [0.15, 0.2) is 41.2 Å². The third-order valence-electron chi connectivity index (χ3n) is 3.61. The van der Waals surface area contributed by atoms with Crippen LogP contribution in [0.4, 0.5) is 11.4 Å². The third kappa shape index (κ3) is 3.97. The van der Waals surface area contributed by atoms with Crippen molar-refractivity contribution in [3.63, 3.8) is 0 Å². The number of carbonyl (C=O) groups is 1. The van der Waals surface area contributed by atoms with Crippen molar-refractivity contribution in [2.75, 3.05) is 16.8 Å². The molecular weight excluding hydrogens is 292 g/mol. The van der Waals surface area contributed by atoms with Crippen LogP contribution in [0.5, 0.6) is 0 Å². The molecule has 23 heavy (non-hydrogen) atoms. The largest absolute Gasteiger partial charge is 0.369 e. The first-order valence-corrected chi connectivity index (χ1v) is 7.64. The Kier molecular flexibility index (Phi) is 5.16. The molecule has 1 aromatic heterocycles. The summed E-state index contributed by atoms with van der Waals surface area (Å²) in [5.74, 6) is -0.343. The summed E-state index contributed by atoms with van der Waals surface area (Å²) in [5.41, 5.74) is 1.75. The van der Waals surface area contributed by atoms with E-state index in [4.69, 9.17) is 0 Å². The predicted octanol–water partition coefficient (Wildman–Crippen LogP) is 2.27. The van der Waals surface area contributed by atoms with Gasteiger partial charge in [0.25, 0.3) is 11.5 Å². The van der Waals surface area contributed by atoms with Crippen LogP contribution in [0.1, 0.15) is 31.3 Å². The van der Waals surface area contributed by atoms with Crippen LogP contribution in [0.3, 0.4) is 0 Å². The lowest BCUT2D eigenvalue weighted by Gasteiger charge is -2.27. The molecule has 0 aliphatic rings. The molecule has 0 radical (unpaired) electrons. The van der Waals surface area contributed by atoms with E-state index in [1.54, 1.807) is 0 Å². The van der Waals surface area contributed by atoms with Crippen molar-refractivity contribution in [2.24, 2.45) is 7.05 Å². The highest BCUT2D eigenvalue weighted by molar-refractivity contribution is 6.02. The first-order valence-electron chi connectivity index (χ1n) is 7.64. The molecular formula is C17H22N4O2. The zero-order valence-electron chi connectivity index (χ0n) is 13.9. The van der Waals surface area contributed by atoms with Crippen molar-refractivity contribution in [3.8, 4) is 0 Å². The van der Waals surface area contributed by atoms with Crippen LogP contribution in [-0.2, 0) is 7.05 Å². The summed E-state index contributed by atoms with van der Waals surface area (Å²) in [6, 6.07) is 10.8. The van der Waals surface area contributed by atoms with Crippen molar-refractivity contribution >= 4 is 17.3 Å². The van der Waals surface area contributed by atoms with E-state index in [-0.39, 0.29) is 17.2 Å². The van der Waals surface area contributed by atoms with Crippen molar-refractivity contribution in [1.29, 1.82) is 0 Å². The SMILES string of the molecule is CCN(c1ccc(NC(=O)c2ccc(=O)n(C)n2)cc1)C(C)C. The Balaban J connectivity index is 2.12. The predicted molar refractivity (Wildman–Crippen MR) is 92.0 cm³/mol. The Morgan fingerprint density at radius 2 is 1.87 bits per heavy atom. The molecule has 122 valence electrons. The summed E-state index contributed by atoms with van der Waals surface area (Å²) >= 11 is 0. The minimum Gasteiger partial charge on any atom is -0.369 e. The van der Waals surface area contributed by atoms with Crippen molar-refractivity contribution in [3.05, 3.63) is 52.4 Å². The zero-order chi connectivity index (χ0) is 17.0. The number of aryl methyl sites for hydroxylation is 1. The summed E-state index contributed by atoms with van der Waals surface area (Å²) in [6.45, 7) is 7.32. The van der Waals surface area contributed by atoms with Crippen LogP contribution in [0.25, 0.3) is 0 Å². The minimum atomic E-state index is -0.343. The number of hydrogen-bond donors (Lipinski definition) is 1.